The highest BCUT2D eigenvalue weighted by atomic mass is 16.2. The molecule has 6 nitrogen and oxygen atoms in total. The van der Waals surface area contributed by atoms with E-state index in [0.29, 0.717) is 43.0 Å². The third-order valence-corrected chi connectivity index (χ3v) is 5.03. The van der Waals surface area contributed by atoms with Gasteiger partial charge in [0, 0.05) is 43.2 Å². The summed E-state index contributed by atoms with van der Waals surface area (Å²) in [7, 11) is 0. The van der Waals surface area contributed by atoms with Crippen LogP contribution in [0.15, 0.2) is 54.6 Å². The monoisotopic (exact) mass is 393 g/mol. The van der Waals surface area contributed by atoms with E-state index in [1.54, 1.807) is 36.4 Å². The third-order valence-electron chi connectivity index (χ3n) is 5.03. The first-order valence-electron chi connectivity index (χ1n) is 9.95. The van der Waals surface area contributed by atoms with Crippen molar-refractivity contribution < 1.29 is 14.4 Å². The molecule has 0 spiro atoms. The molecule has 1 heterocycles. The molecule has 0 atom stereocenters. The van der Waals surface area contributed by atoms with Crippen molar-refractivity contribution in [2.45, 2.75) is 13.8 Å². The SMILES string of the molecule is CC(C)C(=O)N1CCN(CC(=O)Nc2ccccc2C(=O)c2ccccc2)CC1. The summed E-state index contributed by atoms with van der Waals surface area (Å²) in [5.41, 5.74) is 1.57. The highest BCUT2D eigenvalue weighted by Crippen LogP contribution is 2.19. The standard InChI is InChI=1S/C23H27N3O3/c1-17(2)23(29)26-14-12-25(13-15-26)16-21(27)24-20-11-7-6-10-19(20)22(28)18-8-4-3-5-9-18/h3-11,17H,12-16H2,1-2H3,(H,24,27). The van der Waals surface area contributed by atoms with Crippen LogP contribution in [-0.2, 0) is 9.59 Å². The average molecular weight is 393 g/mol. The number of carbonyl (C=O) groups is 3. The van der Waals surface area contributed by atoms with Gasteiger partial charge < -0.3 is 10.2 Å². The predicted molar refractivity (Wildman–Crippen MR) is 113 cm³/mol. The van der Waals surface area contributed by atoms with Crippen LogP contribution >= 0.6 is 0 Å². The van der Waals surface area contributed by atoms with E-state index in [0.717, 1.165) is 0 Å². The number of anilines is 1. The van der Waals surface area contributed by atoms with Gasteiger partial charge in [-0.1, -0.05) is 56.3 Å². The first-order chi connectivity index (χ1) is 14.0. The van der Waals surface area contributed by atoms with Gasteiger partial charge in [-0.25, -0.2) is 0 Å². The number of hydrogen-bond donors (Lipinski definition) is 1. The van der Waals surface area contributed by atoms with Gasteiger partial charge in [0.25, 0.3) is 0 Å². The fraction of sp³-hybridized carbons (Fsp3) is 0.348. The van der Waals surface area contributed by atoms with Gasteiger partial charge in [-0.15, -0.1) is 0 Å². The van der Waals surface area contributed by atoms with Gasteiger partial charge in [0.15, 0.2) is 5.78 Å². The number of hydrogen-bond acceptors (Lipinski definition) is 4. The highest BCUT2D eigenvalue weighted by molar-refractivity contribution is 6.13. The molecular weight excluding hydrogens is 366 g/mol. The molecule has 0 saturated carbocycles. The first-order valence-corrected chi connectivity index (χ1v) is 9.95. The van der Waals surface area contributed by atoms with Gasteiger partial charge >= 0.3 is 0 Å². The minimum absolute atomic E-state index is 0.0106. The van der Waals surface area contributed by atoms with Crippen LogP contribution in [0.3, 0.4) is 0 Å². The number of carbonyl (C=O) groups excluding carboxylic acids is 3. The molecule has 1 fully saturated rings. The van der Waals surface area contributed by atoms with Crippen molar-refractivity contribution >= 4 is 23.3 Å². The van der Waals surface area contributed by atoms with Crippen LogP contribution in [-0.4, -0.2) is 60.1 Å². The summed E-state index contributed by atoms with van der Waals surface area (Å²) in [6.45, 7) is 6.62. The van der Waals surface area contributed by atoms with E-state index in [2.05, 4.69) is 5.32 Å². The second-order valence-electron chi connectivity index (χ2n) is 7.55. The van der Waals surface area contributed by atoms with Gasteiger partial charge in [-0.05, 0) is 12.1 Å². The third kappa shape index (κ3) is 5.29. The average Bonchev–Trinajstić information content (AvgIpc) is 2.74. The summed E-state index contributed by atoms with van der Waals surface area (Å²) in [6, 6.07) is 16.1. The summed E-state index contributed by atoms with van der Waals surface area (Å²) in [5, 5.41) is 2.88. The topological polar surface area (TPSA) is 69.7 Å². The lowest BCUT2D eigenvalue weighted by atomic mass is 10.0. The lowest BCUT2D eigenvalue weighted by Crippen LogP contribution is -2.51. The van der Waals surface area contributed by atoms with Crippen molar-refractivity contribution in [3.63, 3.8) is 0 Å². The molecule has 0 aromatic heterocycles. The number of para-hydroxylation sites is 1. The fourth-order valence-electron chi connectivity index (χ4n) is 3.42. The molecule has 1 aliphatic rings. The number of nitrogens with one attached hydrogen (secondary N) is 1. The molecule has 0 bridgehead atoms. The number of amides is 2. The molecule has 152 valence electrons. The molecule has 29 heavy (non-hydrogen) atoms. The predicted octanol–water partition coefficient (Wildman–Crippen LogP) is 2.66. The Hall–Kier alpha value is -2.99. The zero-order valence-electron chi connectivity index (χ0n) is 16.9. The van der Waals surface area contributed by atoms with Crippen molar-refractivity contribution in [3.8, 4) is 0 Å². The molecule has 2 aromatic carbocycles. The molecule has 2 amide bonds. The smallest absolute Gasteiger partial charge is 0.238 e. The Morgan fingerprint density at radius 3 is 2.17 bits per heavy atom. The van der Waals surface area contributed by atoms with Gasteiger partial charge in [-0.3, -0.25) is 19.3 Å². The molecule has 6 heteroatoms. The quantitative estimate of drug-likeness (QED) is 0.766. The Bertz CT molecular complexity index is 872. The first kappa shape index (κ1) is 20.7. The second-order valence-corrected chi connectivity index (χ2v) is 7.55. The van der Waals surface area contributed by atoms with Crippen LogP contribution in [0.25, 0.3) is 0 Å². The Balaban J connectivity index is 1.60. The Morgan fingerprint density at radius 2 is 1.52 bits per heavy atom. The Labute approximate surface area is 171 Å². The molecule has 0 unspecified atom stereocenters. The minimum Gasteiger partial charge on any atom is -0.340 e. The number of piperazine rings is 1. The molecule has 1 N–H and O–H groups in total. The van der Waals surface area contributed by atoms with Crippen molar-refractivity contribution in [1.29, 1.82) is 0 Å². The maximum absolute atomic E-state index is 12.8. The van der Waals surface area contributed by atoms with Crippen molar-refractivity contribution in [3.05, 3.63) is 65.7 Å². The summed E-state index contributed by atoms with van der Waals surface area (Å²) < 4.78 is 0. The van der Waals surface area contributed by atoms with E-state index in [1.165, 1.54) is 0 Å². The normalized spacial score (nSPS) is 14.7. The lowest BCUT2D eigenvalue weighted by molar-refractivity contribution is -0.136. The lowest BCUT2D eigenvalue weighted by Gasteiger charge is -2.35. The molecule has 1 saturated heterocycles. The van der Waals surface area contributed by atoms with Gasteiger partial charge in [-0.2, -0.15) is 0 Å². The van der Waals surface area contributed by atoms with E-state index < -0.39 is 0 Å². The van der Waals surface area contributed by atoms with Crippen molar-refractivity contribution in [1.82, 2.24) is 9.80 Å². The van der Waals surface area contributed by atoms with Crippen molar-refractivity contribution in [2.75, 3.05) is 38.0 Å². The molecule has 1 aliphatic heterocycles. The number of nitrogens with zero attached hydrogens (tertiary/aromatic N) is 2. The van der Waals surface area contributed by atoms with Crippen LogP contribution in [0, 0.1) is 5.92 Å². The summed E-state index contributed by atoms with van der Waals surface area (Å²) in [6.07, 6.45) is 0. The van der Waals surface area contributed by atoms with E-state index in [1.807, 2.05) is 41.8 Å². The summed E-state index contributed by atoms with van der Waals surface area (Å²) in [5.74, 6) is -0.143. The Kier molecular flexibility index (Phi) is 6.77. The number of rotatable bonds is 6. The second kappa shape index (κ2) is 9.47. The van der Waals surface area contributed by atoms with E-state index in [9.17, 15) is 14.4 Å². The van der Waals surface area contributed by atoms with Crippen LogP contribution in [0.2, 0.25) is 0 Å². The number of benzene rings is 2. The Morgan fingerprint density at radius 1 is 0.897 bits per heavy atom. The highest BCUT2D eigenvalue weighted by Gasteiger charge is 2.24. The van der Waals surface area contributed by atoms with E-state index >= 15 is 0 Å². The maximum Gasteiger partial charge on any atom is 0.238 e. The zero-order chi connectivity index (χ0) is 20.8. The van der Waals surface area contributed by atoms with Gasteiger partial charge in [0.2, 0.25) is 11.8 Å². The molecule has 3 rings (SSSR count). The van der Waals surface area contributed by atoms with Crippen LogP contribution in [0.5, 0.6) is 0 Å². The van der Waals surface area contributed by atoms with Gasteiger partial charge in [0.05, 0.1) is 12.2 Å². The van der Waals surface area contributed by atoms with Crippen LogP contribution in [0.4, 0.5) is 5.69 Å². The van der Waals surface area contributed by atoms with Gasteiger partial charge in [0.1, 0.15) is 0 Å². The van der Waals surface area contributed by atoms with Crippen LogP contribution < -0.4 is 5.32 Å². The van der Waals surface area contributed by atoms with E-state index in [4.69, 9.17) is 0 Å². The zero-order valence-corrected chi connectivity index (χ0v) is 16.9. The summed E-state index contributed by atoms with van der Waals surface area (Å²) >= 11 is 0. The van der Waals surface area contributed by atoms with Crippen LogP contribution in [0.1, 0.15) is 29.8 Å². The largest absolute Gasteiger partial charge is 0.340 e. The molecule has 0 aliphatic carbocycles. The van der Waals surface area contributed by atoms with Crippen molar-refractivity contribution in [2.24, 2.45) is 5.92 Å². The molecular formula is C23H27N3O3. The summed E-state index contributed by atoms with van der Waals surface area (Å²) in [4.78, 5) is 41.3. The molecule has 2 aromatic rings. The fourth-order valence-corrected chi connectivity index (χ4v) is 3.42. The molecule has 0 radical (unpaired) electrons. The number of ketones is 1. The maximum atomic E-state index is 12.8. The minimum atomic E-state index is -0.165. The van der Waals surface area contributed by atoms with E-state index in [-0.39, 0.29) is 30.1 Å².